The zero-order chi connectivity index (χ0) is 18.0. The van der Waals surface area contributed by atoms with Crippen LogP contribution >= 0.6 is 0 Å². The van der Waals surface area contributed by atoms with Gasteiger partial charge in [0.05, 0.1) is 0 Å². The molecule has 2 aromatic carbocycles. The summed E-state index contributed by atoms with van der Waals surface area (Å²) < 4.78 is 0. The third-order valence-corrected chi connectivity index (χ3v) is 5.39. The van der Waals surface area contributed by atoms with Gasteiger partial charge in [-0.05, 0) is 55.9 Å². The van der Waals surface area contributed by atoms with Crippen molar-refractivity contribution in [2.45, 2.75) is 38.8 Å². The highest BCUT2D eigenvalue weighted by molar-refractivity contribution is 5.49. The maximum atomic E-state index is 3.77. The summed E-state index contributed by atoms with van der Waals surface area (Å²) in [6, 6.07) is 21.9. The Morgan fingerprint density at radius 2 is 1.65 bits per heavy atom. The number of nitrogens with zero attached hydrogens (tertiary/aromatic N) is 1. The highest BCUT2D eigenvalue weighted by atomic mass is 15.1. The van der Waals surface area contributed by atoms with E-state index in [2.05, 4.69) is 90.0 Å². The second-order valence-electron chi connectivity index (χ2n) is 7.40. The van der Waals surface area contributed by atoms with Crippen molar-refractivity contribution in [3.8, 4) is 0 Å². The number of nitrogens with one attached hydrogen (secondary N) is 1. The smallest absolute Gasteiger partial charge is 0.0250 e. The molecule has 1 fully saturated rings. The first kappa shape index (κ1) is 18.9. The first-order valence-electron chi connectivity index (χ1n) is 10.1. The number of benzene rings is 2. The zero-order valence-electron chi connectivity index (χ0n) is 16.0. The Hall–Kier alpha value is -1.90. The lowest BCUT2D eigenvalue weighted by atomic mass is 9.96. The molecule has 1 aliphatic heterocycles. The number of hydrogen-bond donors (Lipinski definition) is 1. The van der Waals surface area contributed by atoms with E-state index in [0.29, 0.717) is 6.04 Å². The van der Waals surface area contributed by atoms with Gasteiger partial charge in [-0.2, -0.15) is 0 Å². The van der Waals surface area contributed by atoms with Crippen molar-refractivity contribution >= 4 is 6.08 Å². The molecule has 3 rings (SSSR count). The summed E-state index contributed by atoms with van der Waals surface area (Å²) in [6.45, 7) is 6.93. The number of hydrogen-bond acceptors (Lipinski definition) is 2. The molecular weight excluding hydrogens is 316 g/mol. The normalized spacial score (nSPS) is 17.6. The maximum absolute atomic E-state index is 3.77. The van der Waals surface area contributed by atoms with Gasteiger partial charge < -0.3 is 5.32 Å². The van der Waals surface area contributed by atoms with Crippen molar-refractivity contribution in [1.29, 1.82) is 0 Å². The fourth-order valence-electron chi connectivity index (χ4n) is 3.65. The molecule has 0 amide bonds. The molecule has 0 saturated carbocycles. The quantitative estimate of drug-likeness (QED) is 0.724. The van der Waals surface area contributed by atoms with Gasteiger partial charge in [0.25, 0.3) is 0 Å². The van der Waals surface area contributed by atoms with Crippen LogP contribution in [0.3, 0.4) is 0 Å². The van der Waals surface area contributed by atoms with E-state index in [1.807, 2.05) is 0 Å². The zero-order valence-corrected chi connectivity index (χ0v) is 16.0. The van der Waals surface area contributed by atoms with E-state index < -0.39 is 0 Å². The lowest BCUT2D eigenvalue weighted by Crippen LogP contribution is -2.39. The van der Waals surface area contributed by atoms with Crippen molar-refractivity contribution in [2.24, 2.45) is 5.92 Å². The summed E-state index contributed by atoms with van der Waals surface area (Å²) in [5.41, 5.74) is 2.71. The molecule has 138 valence electrons. The van der Waals surface area contributed by atoms with E-state index >= 15 is 0 Å². The molecule has 1 unspecified atom stereocenters. The Bertz CT molecular complexity index is 642. The van der Waals surface area contributed by atoms with Crippen LogP contribution in [0, 0.1) is 5.92 Å². The van der Waals surface area contributed by atoms with Gasteiger partial charge in [-0.15, -0.1) is 0 Å². The predicted octanol–water partition coefficient (Wildman–Crippen LogP) is 4.98. The van der Waals surface area contributed by atoms with Crippen molar-refractivity contribution in [1.82, 2.24) is 10.2 Å². The van der Waals surface area contributed by atoms with Gasteiger partial charge in [0.15, 0.2) is 0 Å². The number of piperidine rings is 1. The third kappa shape index (κ3) is 6.12. The summed E-state index contributed by atoms with van der Waals surface area (Å²) in [7, 11) is 0. The molecule has 1 heterocycles. The summed E-state index contributed by atoms with van der Waals surface area (Å²) >= 11 is 0. The van der Waals surface area contributed by atoms with Gasteiger partial charge in [0.1, 0.15) is 0 Å². The average molecular weight is 349 g/mol. The van der Waals surface area contributed by atoms with Crippen molar-refractivity contribution in [3.05, 3.63) is 77.9 Å². The first-order valence-corrected chi connectivity index (χ1v) is 10.1. The molecule has 0 bridgehead atoms. The van der Waals surface area contributed by atoms with Gasteiger partial charge in [0, 0.05) is 12.6 Å². The number of likely N-dealkylation sites (tertiary alicyclic amines) is 1. The Morgan fingerprint density at radius 1 is 1.00 bits per heavy atom. The monoisotopic (exact) mass is 348 g/mol. The lowest BCUT2D eigenvalue weighted by Gasteiger charge is -2.32. The van der Waals surface area contributed by atoms with Crippen LogP contribution in [0.2, 0.25) is 0 Å². The molecule has 0 aromatic heterocycles. The lowest BCUT2D eigenvalue weighted by molar-refractivity contribution is 0.174. The SMILES string of the molecule is CCC(/C=C/c1ccccc1)NCC1CCN(Cc2ccccc2)CC1. The fourth-order valence-corrected chi connectivity index (χ4v) is 3.65. The molecule has 1 atom stereocenters. The summed E-state index contributed by atoms with van der Waals surface area (Å²) in [5, 5.41) is 3.77. The molecule has 0 radical (unpaired) electrons. The van der Waals surface area contributed by atoms with E-state index in [-0.39, 0.29) is 0 Å². The van der Waals surface area contributed by atoms with E-state index in [9.17, 15) is 0 Å². The van der Waals surface area contributed by atoms with E-state index in [4.69, 9.17) is 0 Å². The van der Waals surface area contributed by atoms with Crippen LogP contribution in [0.15, 0.2) is 66.7 Å². The van der Waals surface area contributed by atoms with E-state index in [0.717, 1.165) is 25.4 Å². The first-order chi connectivity index (χ1) is 12.8. The molecule has 1 aliphatic rings. The Kier molecular flexibility index (Phi) is 7.48. The molecule has 0 spiro atoms. The molecule has 1 N–H and O–H groups in total. The summed E-state index contributed by atoms with van der Waals surface area (Å²) in [4.78, 5) is 2.60. The Labute approximate surface area is 158 Å². The molecule has 2 heteroatoms. The second kappa shape index (κ2) is 10.3. The largest absolute Gasteiger partial charge is 0.310 e. The Morgan fingerprint density at radius 3 is 2.31 bits per heavy atom. The van der Waals surface area contributed by atoms with Crippen LogP contribution in [-0.4, -0.2) is 30.6 Å². The van der Waals surface area contributed by atoms with Crippen molar-refractivity contribution in [3.63, 3.8) is 0 Å². The van der Waals surface area contributed by atoms with Crippen LogP contribution < -0.4 is 5.32 Å². The van der Waals surface area contributed by atoms with Gasteiger partial charge >= 0.3 is 0 Å². The molecule has 2 nitrogen and oxygen atoms in total. The van der Waals surface area contributed by atoms with Crippen LogP contribution in [-0.2, 0) is 6.54 Å². The average Bonchev–Trinajstić information content (AvgIpc) is 2.71. The Balaban J connectivity index is 1.39. The molecule has 2 aromatic rings. The van der Waals surface area contributed by atoms with Crippen molar-refractivity contribution < 1.29 is 0 Å². The molecule has 1 saturated heterocycles. The fraction of sp³-hybridized carbons (Fsp3) is 0.417. The predicted molar refractivity (Wildman–Crippen MR) is 112 cm³/mol. The van der Waals surface area contributed by atoms with E-state index in [1.165, 1.54) is 37.1 Å². The topological polar surface area (TPSA) is 15.3 Å². The second-order valence-corrected chi connectivity index (χ2v) is 7.40. The standard InChI is InChI=1S/C24H32N2/c1-2-24(14-13-21-9-5-3-6-10-21)25-19-22-15-17-26(18-16-22)20-23-11-7-4-8-12-23/h3-14,22,24-25H,2,15-20H2,1H3/b14-13+. The van der Waals surface area contributed by atoms with Gasteiger partial charge in [-0.3, -0.25) is 4.90 Å². The molecular formula is C24H32N2. The minimum absolute atomic E-state index is 0.470. The van der Waals surface area contributed by atoms with E-state index in [1.54, 1.807) is 0 Å². The molecule has 26 heavy (non-hydrogen) atoms. The summed E-state index contributed by atoms with van der Waals surface area (Å²) in [6.07, 6.45) is 8.30. The summed E-state index contributed by atoms with van der Waals surface area (Å²) in [5.74, 6) is 0.807. The third-order valence-electron chi connectivity index (χ3n) is 5.39. The maximum Gasteiger partial charge on any atom is 0.0250 e. The van der Waals surface area contributed by atoms with Gasteiger partial charge in [-0.25, -0.2) is 0 Å². The van der Waals surface area contributed by atoms with Crippen LogP contribution in [0.4, 0.5) is 0 Å². The van der Waals surface area contributed by atoms with Crippen LogP contribution in [0.5, 0.6) is 0 Å². The molecule has 0 aliphatic carbocycles. The highest BCUT2D eigenvalue weighted by Gasteiger charge is 2.19. The highest BCUT2D eigenvalue weighted by Crippen LogP contribution is 2.19. The van der Waals surface area contributed by atoms with Gasteiger partial charge in [0.2, 0.25) is 0 Å². The van der Waals surface area contributed by atoms with Crippen molar-refractivity contribution in [2.75, 3.05) is 19.6 Å². The number of rotatable bonds is 8. The van der Waals surface area contributed by atoms with Crippen LogP contribution in [0.25, 0.3) is 6.08 Å². The minimum Gasteiger partial charge on any atom is -0.310 e. The van der Waals surface area contributed by atoms with Gasteiger partial charge in [-0.1, -0.05) is 79.7 Å². The van der Waals surface area contributed by atoms with Crippen LogP contribution in [0.1, 0.15) is 37.3 Å². The minimum atomic E-state index is 0.470.